The van der Waals surface area contributed by atoms with Crippen molar-refractivity contribution in [2.75, 3.05) is 0 Å². The number of hydrogen-bond donors (Lipinski definition) is 2. The number of benzene rings is 2. The Kier molecular flexibility index (Phi) is 4.79. The fourth-order valence-electron chi connectivity index (χ4n) is 3.18. The highest BCUT2D eigenvalue weighted by atomic mass is 19.1. The van der Waals surface area contributed by atoms with E-state index >= 15 is 0 Å². The molecule has 6 nitrogen and oxygen atoms in total. The van der Waals surface area contributed by atoms with Gasteiger partial charge in [-0.25, -0.2) is 18.2 Å². The van der Waals surface area contributed by atoms with Gasteiger partial charge in [0.05, 0.1) is 6.04 Å². The summed E-state index contributed by atoms with van der Waals surface area (Å²) < 4.78 is 41.1. The van der Waals surface area contributed by atoms with Crippen molar-refractivity contribution in [1.82, 2.24) is 20.2 Å². The first kappa shape index (κ1) is 18.7. The Labute approximate surface area is 163 Å². The first-order valence-corrected chi connectivity index (χ1v) is 8.76. The Hall–Kier alpha value is -3.62. The summed E-state index contributed by atoms with van der Waals surface area (Å²) in [7, 11) is 0. The van der Waals surface area contributed by atoms with E-state index in [1.807, 2.05) is 0 Å². The fourth-order valence-corrected chi connectivity index (χ4v) is 3.18. The normalized spacial score (nSPS) is 15.6. The van der Waals surface area contributed by atoms with Crippen molar-refractivity contribution in [3.05, 3.63) is 88.8 Å². The second-order valence-electron chi connectivity index (χ2n) is 6.64. The molecule has 2 amide bonds. The van der Waals surface area contributed by atoms with Gasteiger partial charge in [0.15, 0.2) is 5.82 Å². The Morgan fingerprint density at radius 1 is 1.10 bits per heavy atom. The van der Waals surface area contributed by atoms with Crippen LogP contribution < -0.4 is 10.6 Å². The van der Waals surface area contributed by atoms with E-state index in [1.165, 1.54) is 18.3 Å². The van der Waals surface area contributed by atoms with E-state index in [4.69, 9.17) is 0 Å². The minimum atomic E-state index is -0.741. The first-order valence-electron chi connectivity index (χ1n) is 8.76. The van der Waals surface area contributed by atoms with Gasteiger partial charge < -0.3 is 15.2 Å². The van der Waals surface area contributed by atoms with Crippen molar-refractivity contribution in [2.45, 2.75) is 19.1 Å². The number of aromatic nitrogens is 2. The van der Waals surface area contributed by atoms with Gasteiger partial charge in [-0.05, 0) is 35.4 Å². The number of imidazole rings is 1. The molecule has 29 heavy (non-hydrogen) atoms. The molecule has 2 N–H and O–H groups in total. The number of fused-ring (bicyclic) bond motifs is 1. The largest absolute Gasteiger partial charge is 0.347 e. The molecule has 3 aromatic rings. The number of carbonyl (C=O) groups is 2. The SMILES string of the molecule is O=C(NCc1cc(F)cc(F)c1)c1cn2c(n1)C(=O)NC(c1ccc(F)cc1)C2. The average Bonchev–Trinajstić information content (AvgIpc) is 3.11. The summed E-state index contributed by atoms with van der Waals surface area (Å²) in [4.78, 5) is 28.7. The molecule has 1 aliphatic rings. The molecule has 0 saturated heterocycles. The van der Waals surface area contributed by atoms with Crippen LogP contribution in [0.15, 0.2) is 48.7 Å². The van der Waals surface area contributed by atoms with Crippen LogP contribution in [0, 0.1) is 17.5 Å². The van der Waals surface area contributed by atoms with Crippen molar-refractivity contribution in [1.29, 1.82) is 0 Å². The maximum atomic E-state index is 13.2. The highest BCUT2D eigenvalue weighted by molar-refractivity contribution is 5.96. The van der Waals surface area contributed by atoms with E-state index in [2.05, 4.69) is 15.6 Å². The summed E-state index contributed by atoms with van der Waals surface area (Å²) in [5, 5.41) is 5.29. The van der Waals surface area contributed by atoms with Gasteiger partial charge in [0.25, 0.3) is 11.8 Å². The highest BCUT2D eigenvalue weighted by Crippen LogP contribution is 2.22. The molecule has 1 aromatic heterocycles. The Morgan fingerprint density at radius 2 is 1.79 bits per heavy atom. The molecule has 0 radical (unpaired) electrons. The van der Waals surface area contributed by atoms with E-state index in [-0.39, 0.29) is 29.4 Å². The predicted molar refractivity (Wildman–Crippen MR) is 96.4 cm³/mol. The van der Waals surface area contributed by atoms with Crippen LogP contribution >= 0.6 is 0 Å². The van der Waals surface area contributed by atoms with Crippen molar-refractivity contribution >= 4 is 11.8 Å². The third-order valence-corrected chi connectivity index (χ3v) is 4.54. The van der Waals surface area contributed by atoms with Crippen molar-refractivity contribution in [3.8, 4) is 0 Å². The summed E-state index contributed by atoms with van der Waals surface area (Å²) in [5.41, 5.74) is 0.985. The van der Waals surface area contributed by atoms with Crippen LogP contribution in [-0.4, -0.2) is 21.4 Å². The minimum Gasteiger partial charge on any atom is -0.347 e. The predicted octanol–water partition coefficient (Wildman–Crippen LogP) is 2.72. The third kappa shape index (κ3) is 3.98. The third-order valence-electron chi connectivity index (χ3n) is 4.54. The highest BCUT2D eigenvalue weighted by Gasteiger charge is 2.28. The van der Waals surface area contributed by atoms with Gasteiger partial charge >= 0.3 is 0 Å². The molecule has 1 atom stereocenters. The molecule has 9 heteroatoms. The van der Waals surface area contributed by atoms with Gasteiger partial charge in [0, 0.05) is 25.4 Å². The topological polar surface area (TPSA) is 76.0 Å². The molecule has 1 unspecified atom stereocenters. The zero-order valence-corrected chi connectivity index (χ0v) is 15.0. The zero-order chi connectivity index (χ0) is 20.5. The van der Waals surface area contributed by atoms with Crippen molar-refractivity contribution < 1.29 is 22.8 Å². The van der Waals surface area contributed by atoms with Crippen LogP contribution in [0.4, 0.5) is 13.2 Å². The van der Waals surface area contributed by atoms with Crippen molar-refractivity contribution in [2.24, 2.45) is 0 Å². The van der Waals surface area contributed by atoms with E-state index in [1.54, 1.807) is 16.7 Å². The summed E-state index contributed by atoms with van der Waals surface area (Å²) >= 11 is 0. The molecular formula is C20H15F3N4O2. The quantitative estimate of drug-likeness (QED) is 0.707. The molecule has 1 aliphatic heterocycles. The molecule has 0 aliphatic carbocycles. The number of amides is 2. The minimum absolute atomic E-state index is 0.00628. The van der Waals surface area contributed by atoms with E-state index in [0.717, 1.165) is 23.8 Å². The van der Waals surface area contributed by atoms with E-state index in [9.17, 15) is 22.8 Å². The summed E-state index contributed by atoms with van der Waals surface area (Å²) in [6.45, 7) is 0.224. The zero-order valence-electron chi connectivity index (χ0n) is 15.0. The maximum absolute atomic E-state index is 13.2. The Morgan fingerprint density at radius 3 is 2.48 bits per heavy atom. The van der Waals surface area contributed by atoms with Gasteiger partial charge in [0.1, 0.15) is 23.1 Å². The number of hydrogen-bond acceptors (Lipinski definition) is 3. The van der Waals surface area contributed by atoms with Crippen LogP contribution in [-0.2, 0) is 13.1 Å². The summed E-state index contributed by atoms with van der Waals surface area (Å²) in [5.74, 6) is -2.83. The second kappa shape index (κ2) is 7.42. The number of rotatable bonds is 4. The Balaban J connectivity index is 1.48. The Bertz CT molecular complexity index is 1080. The van der Waals surface area contributed by atoms with Crippen LogP contribution in [0.25, 0.3) is 0 Å². The standard InChI is InChI=1S/C20H15F3N4O2/c21-13-3-1-12(2-4-13)16-9-27-10-17(25-18(27)20(29)26-16)19(28)24-8-11-5-14(22)7-15(23)6-11/h1-7,10,16H,8-9H2,(H,24,28)(H,26,29). The maximum Gasteiger partial charge on any atom is 0.287 e. The second-order valence-corrected chi connectivity index (χ2v) is 6.64. The number of carbonyl (C=O) groups excluding carboxylic acids is 2. The molecule has 4 rings (SSSR count). The van der Waals surface area contributed by atoms with Crippen LogP contribution in [0.5, 0.6) is 0 Å². The van der Waals surface area contributed by atoms with Crippen LogP contribution in [0.3, 0.4) is 0 Å². The van der Waals surface area contributed by atoms with Gasteiger partial charge in [-0.2, -0.15) is 0 Å². The summed E-state index contributed by atoms with van der Waals surface area (Å²) in [6, 6.07) is 8.34. The fraction of sp³-hybridized carbons (Fsp3) is 0.150. The number of halogens is 3. The molecule has 0 fully saturated rings. The number of nitrogens with zero attached hydrogens (tertiary/aromatic N) is 2. The lowest BCUT2D eigenvalue weighted by Crippen LogP contribution is -2.38. The van der Waals surface area contributed by atoms with Crippen LogP contribution in [0.1, 0.15) is 38.3 Å². The van der Waals surface area contributed by atoms with Gasteiger partial charge in [0.2, 0.25) is 0 Å². The van der Waals surface area contributed by atoms with Crippen molar-refractivity contribution in [3.63, 3.8) is 0 Å². The number of nitrogens with one attached hydrogen (secondary N) is 2. The lowest BCUT2D eigenvalue weighted by molar-refractivity contribution is 0.0894. The van der Waals surface area contributed by atoms with E-state index in [0.29, 0.717) is 6.54 Å². The monoisotopic (exact) mass is 400 g/mol. The lowest BCUT2D eigenvalue weighted by Gasteiger charge is -2.25. The first-order chi connectivity index (χ1) is 13.9. The molecule has 148 valence electrons. The van der Waals surface area contributed by atoms with Gasteiger partial charge in [-0.15, -0.1) is 0 Å². The van der Waals surface area contributed by atoms with Gasteiger partial charge in [-0.1, -0.05) is 12.1 Å². The molecule has 0 spiro atoms. The van der Waals surface area contributed by atoms with Gasteiger partial charge in [-0.3, -0.25) is 9.59 Å². The average molecular weight is 400 g/mol. The van der Waals surface area contributed by atoms with Crippen LogP contribution in [0.2, 0.25) is 0 Å². The molecule has 0 bridgehead atoms. The summed E-state index contributed by atoms with van der Waals surface area (Å²) in [6.07, 6.45) is 1.44. The lowest BCUT2D eigenvalue weighted by atomic mass is 10.1. The molecule has 2 aromatic carbocycles. The van der Waals surface area contributed by atoms with E-state index < -0.39 is 29.5 Å². The molecule has 2 heterocycles. The smallest absolute Gasteiger partial charge is 0.287 e. The molecule has 0 saturated carbocycles. The molecular weight excluding hydrogens is 385 g/mol.